The Morgan fingerprint density at radius 3 is 2.94 bits per heavy atom. The van der Waals surface area contributed by atoms with Crippen molar-refractivity contribution in [2.75, 3.05) is 6.61 Å². The van der Waals surface area contributed by atoms with E-state index in [-0.39, 0.29) is 11.6 Å². The van der Waals surface area contributed by atoms with Crippen molar-refractivity contribution in [2.24, 2.45) is 11.7 Å². The van der Waals surface area contributed by atoms with E-state index in [1.165, 1.54) is 32.1 Å². The number of nitrogens with two attached hydrogens (primary N) is 1. The van der Waals surface area contributed by atoms with Crippen molar-refractivity contribution >= 4 is 0 Å². The van der Waals surface area contributed by atoms with E-state index in [0.29, 0.717) is 5.92 Å². The van der Waals surface area contributed by atoms with Gasteiger partial charge in [0, 0.05) is 6.61 Å². The number of ether oxygens (including phenoxy) is 1. The smallest absolute Gasteiger partial charge is 0.0994 e. The van der Waals surface area contributed by atoms with E-state index in [9.17, 15) is 0 Å². The molecule has 0 bridgehead atoms. The van der Waals surface area contributed by atoms with Crippen LogP contribution in [-0.2, 0) is 4.74 Å². The molecule has 2 heterocycles. The van der Waals surface area contributed by atoms with E-state index in [4.69, 9.17) is 10.5 Å². The van der Waals surface area contributed by atoms with Gasteiger partial charge in [-0.3, -0.25) is 0 Å². The average Bonchev–Trinajstić information content (AvgIpc) is 2.93. The number of aromatic amines is 1. The molecule has 0 radical (unpaired) electrons. The Balaban J connectivity index is 1.70. The first kappa shape index (κ1) is 12.1. The molecule has 2 fully saturated rings. The van der Waals surface area contributed by atoms with Crippen molar-refractivity contribution < 1.29 is 4.74 Å². The Morgan fingerprint density at radius 2 is 2.22 bits per heavy atom. The first-order chi connectivity index (χ1) is 8.79. The second kappa shape index (κ2) is 4.97. The molecule has 1 spiro atoms. The molecule has 1 aliphatic heterocycles. The number of aromatic nitrogens is 3. The summed E-state index contributed by atoms with van der Waals surface area (Å²) >= 11 is 0. The Bertz CT molecular complexity index is 367. The van der Waals surface area contributed by atoms with Gasteiger partial charge in [-0.25, -0.2) is 0 Å². The summed E-state index contributed by atoms with van der Waals surface area (Å²) in [4.78, 5) is 0. The van der Waals surface area contributed by atoms with Crippen molar-refractivity contribution in [3.63, 3.8) is 0 Å². The monoisotopic (exact) mass is 250 g/mol. The van der Waals surface area contributed by atoms with E-state index >= 15 is 0 Å². The van der Waals surface area contributed by atoms with Gasteiger partial charge in [0.2, 0.25) is 0 Å². The summed E-state index contributed by atoms with van der Waals surface area (Å²) in [5.41, 5.74) is 7.32. The molecule has 1 aliphatic carbocycles. The summed E-state index contributed by atoms with van der Waals surface area (Å²) in [6.45, 7) is 0.843. The third-order valence-electron chi connectivity index (χ3n) is 4.58. The summed E-state index contributed by atoms with van der Waals surface area (Å²) in [7, 11) is 0. The van der Waals surface area contributed by atoms with Crippen LogP contribution < -0.4 is 5.73 Å². The molecule has 1 saturated carbocycles. The maximum Gasteiger partial charge on any atom is 0.0994 e. The maximum absolute atomic E-state index is 6.33. The predicted molar refractivity (Wildman–Crippen MR) is 67.8 cm³/mol. The van der Waals surface area contributed by atoms with Gasteiger partial charge >= 0.3 is 0 Å². The van der Waals surface area contributed by atoms with Gasteiger partial charge in [0.05, 0.1) is 23.5 Å². The van der Waals surface area contributed by atoms with Gasteiger partial charge in [-0.05, 0) is 31.6 Å². The Labute approximate surface area is 107 Å². The zero-order chi connectivity index (χ0) is 12.4. The molecule has 3 rings (SSSR count). The van der Waals surface area contributed by atoms with E-state index in [1.54, 1.807) is 6.20 Å². The number of rotatable bonds is 2. The lowest BCUT2D eigenvalue weighted by Gasteiger charge is -2.44. The van der Waals surface area contributed by atoms with Crippen LogP contribution in [0.1, 0.15) is 56.7 Å². The van der Waals surface area contributed by atoms with Crippen LogP contribution in [0, 0.1) is 5.92 Å². The normalized spacial score (nSPS) is 29.3. The fourth-order valence-electron chi connectivity index (χ4n) is 3.53. The maximum atomic E-state index is 6.33. The fraction of sp³-hybridized carbons (Fsp3) is 0.846. The lowest BCUT2D eigenvalue weighted by molar-refractivity contribution is -0.120. The fourth-order valence-corrected chi connectivity index (χ4v) is 3.53. The highest BCUT2D eigenvalue weighted by Gasteiger charge is 2.40. The Morgan fingerprint density at radius 1 is 1.39 bits per heavy atom. The quantitative estimate of drug-likeness (QED) is 0.841. The van der Waals surface area contributed by atoms with Gasteiger partial charge in [-0.15, -0.1) is 0 Å². The van der Waals surface area contributed by atoms with Crippen LogP contribution in [0.25, 0.3) is 0 Å². The Kier molecular flexibility index (Phi) is 3.35. The van der Waals surface area contributed by atoms with Crippen molar-refractivity contribution in [1.29, 1.82) is 0 Å². The lowest BCUT2D eigenvalue weighted by atomic mass is 9.74. The molecule has 2 atom stereocenters. The van der Waals surface area contributed by atoms with Crippen LogP contribution in [0.5, 0.6) is 0 Å². The second-order valence-electron chi connectivity index (χ2n) is 5.77. The molecule has 5 heteroatoms. The predicted octanol–water partition coefficient (Wildman–Crippen LogP) is 1.93. The lowest BCUT2D eigenvalue weighted by Crippen LogP contribution is -2.44. The summed E-state index contributed by atoms with van der Waals surface area (Å²) < 4.78 is 6.10. The topological polar surface area (TPSA) is 76.8 Å². The van der Waals surface area contributed by atoms with E-state index in [2.05, 4.69) is 15.4 Å². The number of hydrogen-bond acceptors (Lipinski definition) is 4. The molecule has 1 aromatic rings. The summed E-state index contributed by atoms with van der Waals surface area (Å²) in [5.74, 6) is 0.474. The second-order valence-corrected chi connectivity index (χ2v) is 5.77. The molecule has 18 heavy (non-hydrogen) atoms. The number of nitrogens with one attached hydrogen (secondary N) is 1. The zero-order valence-electron chi connectivity index (χ0n) is 10.8. The SMILES string of the molecule is NC(c1cn[nH]n1)C1CCOC2(CCCCC2)C1. The van der Waals surface area contributed by atoms with Gasteiger partial charge in [-0.2, -0.15) is 15.4 Å². The molecule has 2 unspecified atom stereocenters. The van der Waals surface area contributed by atoms with Gasteiger partial charge < -0.3 is 10.5 Å². The molecule has 0 aromatic carbocycles. The minimum atomic E-state index is -0.00792. The molecule has 100 valence electrons. The molecule has 0 amide bonds. The third kappa shape index (κ3) is 2.29. The molecule has 2 aliphatic rings. The van der Waals surface area contributed by atoms with Crippen molar-refractivity contribution in [1.82, 2.24) is 15.4 Å². The number of nitrogens with zero attached hydrogens (tertiary/aromatic N) is 2. The van der Waals surface area contributed by atoms with Crippen LogP contribution in [0.2, 0.25) is 0 Å². The van der Waals surface area contributed by atoms with E-state index in [1.807, 2.05) is 0 Å². The highest BCUT2D eigenvalue weighted by molar-refractivity contribution is 5.03. The van der Waals surface area contributed by atoms with Crippen molar-refractivity contribution in [2.45, 2.75) is 56.6 Å². The van der Waals surface area contributed by atoms with Crippen LogP contribution in [0.15, 0.2) is 6.20 Å². The third-order valence-corrected chi connectivity index (χ3v) is 4.58. The van der Waals surface area contributed by atoms with Gasteiger partial charge in [0.15, 0.2) is 0 Å². The molecule has 5 nitrogen and oxygen atoms in total. The Hall–Kier alpha value is -0.940. The molecular weight excluding hydrogens is 228 g/mol. The molecular formula is C13H22N4O. The van der Waals surface area contributed by atoms with Crippen LogP contribution >= 0.6 is 0 Å². The first-order valence-corrected chi connectivity index (χ1v) is 7.04. The average molecular weight is 250 g/mol. The molecule has 1 saturated heterocycles. The summed E-state index contributed by atoms with van der Waals surface area (Å²) in [5, 5.41) is 10.6. The molecule has 3 N–H and O–H groups in total. The highest BCUT2D eigenvalue weighted by atomic mass is 16.5. The van der Waals surface area contributed by atoms with Crippen LogP contribution in [0.4, 0.5) is 0 Å². The largest absolute Gasteiger partial charge is 0.375 e. The van der Waals surface area contributed by atoms with Crippen molar-refractivity contribution in [3.05, 3.63) is 11.9 Å². The van der Waals surface area contributed by atoms with Crippen molar-refractivity contribution in [3.8, 4) is 0 Å². The van der Waals surface area contributed by atoms with Crippen LogP contribution in [-0.4, -0.2) is 27.6 Å². The van der Waals surface area contributed by atoms with Gasteiger partial charge in [0.25, 0.3) is 0 Å². The molecule has 1 aromatic heterocycles. The minimum absolute atomic E-state index is 0.00792. The van der Waals surface area contributed by atoms with Crippen LogP contribution in [0.3, 0.4) is 0 Å². The number of H-pyrrole nitrogens is 1. The standard InChI is InChI=1S/C13H22N4O/c14-12(11-9-15-17-16-11)10-4-7-18-13(8-10)5-2-1-3-6-13/h9-10,12H,1-8,14H2,(H,15,16,17). The number of hydrogen-bond donors (Lipinski definition) is 2. The highest BCUT2D eigenvalue weighted by Crippen LogP contribution is 2.43. The zero-order valence-corrected chi connectivity index (χ0v) is 10.8. The van der Waals surface area contributed by atoms with E-state index < -0.39 is 0 Å². The minimum Gasteiger partial charge on any atom is -0.375 e. The summed E-state index contributed by atoms with van der Waals surface area (Å²) in [6, 6.07) is -0.00792. The first-order valence-electron chi connectivity index (χ1n) is 7.04. The van der Waals surface area contributed by atoms with E-state index in [0.717, 1.165) is 25.1 Å². The van der Waals surface area contributed by atoms with Gasteiger partial charge in [0.1, 0.15) is 0 Å². The van der Waals surface area contributed by atoms with Gasteiger partial charge in [-0.1, -0.05) is 19.3 Å². The summed E-state index contributed by atoms with van der Waals surface area (Å²) in [6.07, 6.45) is 10.2.